The van der Waals surface area contributed by atoms with Gasteiger partial charge in [-0.3, -0.25) is 0 Å². The highest BCUT2D eigenvalue weighted by Gasteiger charge is 2.43. The number of aliphatic imine (C=N–C) groups is 2. The zero-order chi connectivity index (χ0) is 17.7. The zero-order valence-electron chi connectivity index (χ0n) is 14.7. The Kier molecular flexibility index (Phi) is 3.13. The lowest BCUT2D eigenvalue weighted by molar-refractivity contribution is 0.415. The number of amidine groups is 1. The third-order valence-corrected chi connectivity index (χ3v) is 5.28. The van der Waals surface area contributed by atoms with E-state index in [9.17, 15) is 0 Å². The molecule has 0 radical (unpaired) electrons. The van der Waals surface area contributed by atoms with Crippen LogP contribution in [0, 0.1) is 0 Å². The minimum Gasteiger partial charge on any atom is -0.497 e. The molecule has 1 aliphatic carbocycles. The molecule has 0 N–H and O–H groups in total. The van der Waals surface area contributed by atoms with E-state index < -0.39 is 5.54 Å². The van der Waals surface area contributed by atoms with Gasteiger partial charge >= 0.3 is 0 Å². The van der Waals surface area contributed by atoms with Gasteiger partial charge in [0, 0.05) is 11.1 Å². The number of nitrogens with zero attached hydrogens (tertiary/aromatic N) is 2. The minimum absolute atomic E-state index is 0.458. The fraction of sp³-hybridized carbons (Fsp3) is 0.130. The average Bonchev–Trinajstić information content (AvgIpc) is 3.07. The Morgan fingerprint density at radius 1 is 0.769 bits per heavy atom. The number of hydrogen-bond donors (Lipinski definition) is 0. The molecule has 0 saturated carbocycles. The molecule has 0 amide bonds. The first-order valence-electron chi connectivity index (χ1n) is 8.73. The predicted octanol–water partition coefficient (Wildman–Crippen LogP) is 4.84. The van der Waals surface area contributed by atoms with E-state index in [2.05, 4.69) is 55.5 Å². The van der Waals surface area contributed by atoms with Gasteiger partial charge in [0.1, 0.15) is 11.3 Å². The summed E-state index contributed by atoms with van der Waals surface area (Å²) in [4.78, 5) is 10.1. The smallest absolute Gasteiger partial charge is 0.156 e. The lowest BCUT2D eigenvalue weighted by atomic mass is 9.74. The molecule has 3 aromatic carbocycles. The maximum Gasteiger partial charge on any atom is 0.156 e. The van der Waals surface area contributed by atoms with Crippen LogP contribution in [0.15, 0.2) is 82.8 Å². The van der Waals surface area contributed by atoms with Gasteiger partial charge in [0.15, 0.2) is 5.84 Å². The van der Waals surface area contributed by atoms with Gasteiger partial charge in [-0.05, 0) is 47.9 Å². The molecule has 1 aliphatic heterocycles. The van der Waals surface area contributed by atoms with E-state index in [4.69, 9.17) is 14.7 Å². The highest BCUT2D eigenvalue weighted by atomic mass is 16.5. The number of benzene rings is 3. The van der Waals surface area contributed by atoms with Gasteiger partial charge < -0.3 is 4.74 Å². The second-order valence-electron chi connectivity index (χ2n) is 6.79. The van der Waals surface area contributed by atoms with Crippen LogP contribution in [-0.4, -0.2) is 18.7 Å². The van der Waals surface area contributed by atoms with Crippen LogP contribution >= 0.6 is 0 Å². The minimum atomic E-state index is -0.458. The summed E-state index contributed by atoms with van der Waals surface area (Å²) in [5.74, 6) is 1.61. The second-order valence-corrected chi connectivity index (χ2v) is 6.79. The number of methoxy groups -OCH3 is 1. The number of fused-ring (bicyclic) bond motifs is 6. The van der Waals surface area contributed by atoms with Gasteiger partial charge in [-0.25, -0.2) is 9.98 Å². The molecule has 0 aromatic heterocycles. The normalized spacial score (nSPS) is 19.8. The summed E-state index contributed by atoms with van der Waals surface area (Å²) in [6.45, 7) is 2.16. The third-order valence-electron chi connectivity index (χ3n) is 5.28. The van der Waals surface area contributed by atoms with Gasteiger partial charge in [-0.15, -0.1) is 0 Å². The van der Waals surface area contributed by atoms with Gasteiger partial charge in [-0.1, -0.05) is 48.5 Å². The van der Waals surface area contributed by atoms with Crippen LogP contribution in [0.25, 0.3) is 11.1 Å². The molecule has 1 unspecified atom stereocenters. The molecular formula is C23H18N2O. The summed E-state index contributed by atoms with van der Waals surface area (Å²) in [6.07, 6.45) is 0. The van der Waals surface area contributed by atoms with E-state index in [-0.39, 0.29) is 0 Å². The van der Waals surface area contributed by atoms with Crippen molar-refractivity contribution in [3.05, 3.63) is 89.5 Å². The Bertz CT molecular complexity index is 1080. The van der Waals surface area contributed by atoms with Crippen LogP contribution in [0.5, 0.6) is 5.75 Å². The quantitative estimate of drug-likeness (QED) is 0.658. The van der Waals surface area contributed by atoms with Crippen molar-refractivity contribution in [2.45, 2.75) is 12.5 Å². The van der Waals surface area contributed by atoms with Crippen LogP contribution in [0.3, 0.4) is 0 Å². The van der Waals surface area contributed by atoms with Crippen molar-refractivity contribution >= 4 is 11.5 Å². The van der Waals surface area contributed by atoms with Gasteiger partial charge in [0.05, 0.1) is 12.8 Å². The van der Waals surface area contributed by atoms with E-state index in [0.29, 0.717) is 0 Å². The molecule has 126 valence electrons. The average molecular weight is 338 g/mol. The highest BCUT2D eigenvalue weighted by molar-refractivity contribution is 6.24. The van der Waals surface area contributed by atoms with Crippen LogP contribution in [-0.2, 0) is 5.54 Å². The maximum atomic E-state index is 5.26. The lowest BCUT2D eigenvalue weighted by Crippen LogP contribution is -2.33. The van der Waals surface area contributed by atoms with Gasteiger partial charge in [-0.2, -0.15) is 0 Å². The van der Waals surface area contributed by atoms with E-state index in [1.165, 1.54) is 22.3 Å². The second kappa shape index (κ2) is 5.40. The largest absolute Gasteiger partial charge is 0.497 e. The maximum absolute atomic E-state index is 5.26. The van der Waals surface area contributed by atoms with Crippen molar-refractivity contribution in [1.82, 2.24) is 0 Å². The molecule has 0 spiro atoms. The third kappa shape index (κ3) is 2.00. The van der Waals surface area contributed by atoms with Gasteiger partial charge in [0.25, 0.3) is 0 Å². The topological polar surface area (TPSA) is 34.0 Å². The number of hydrogen-bond acceptors (Lipinski definition) is 3. The summed E-state index contributed by atoms with van der Waals surface area (Å²) in [6, 6.07) is 24.9. The van der Waals surface area contributed by atoms with Crippen molar-refractivity contribution < 1.29 is 4.74 Å². The summed E-state index contributed by atoms with van der Waals surface area (Å²) in [7, 11) is 1.67. The zero-order valence-corrected chi connectivity index (χ0v) is 14.7. The van der Waals surface area contributed by atoms with Crippen LogP contribution in [0.2, 0.25) is 0 Å². The van der Waals surface area contributed by atoms with E-state index in [1.807, 2.05) is 24.3 Å². The van der Waals surface area contributed by atoms with Crippen molar-refractivity contribution in [2.75, 3.05) is 7.11 Å². The van der Waals surface area contributed by atoms with Crippen molar-refractivity contribution in [3.63, 3.8) is 0 Å². The highest BCUT2D eigenvalue weighted by Crippen LogP contribution is 2.46. The first kappa shape index (κ1) is 15.1. The Balaban J connectivity index is 1.74. The summed E-state index contributed by atoms with van der Waals surface area (Å²) >= 11 is 0. The van der Waals surface area contributed by atoms with Crippen molar-refractivity contribution in [1.29, 1.82) is 0 Å². The van der Waals surface area contributed by atoms with E-state index in [0.717, 1.165) is 22.9 Å². The Hall–Kier alpha value is -3.20. The molecule has 0 saturated heterocycles. The Labute approximate surface area is 152 Å². The molecule has 1 heterocycles. The first-order valence-corrected chi connectivity index (χ1v) is 8.73. The van der Waals surface area contributed by atoms with Crippen LogP contribution in [0.1, 0.15) is 23.6 Å². The summed E-state index contributed by atoms with van der Waals surface area (Å²) in [5.41, 5.74) is 6.42. The monoisotopic (exact) mass is 338 g/mol. The Morgan fingerprint density at radius 3 is 2.15 bits per heavy atom. The fourth-order valence-electron chi connectivity index (χ4n) is 3.95. The predicted molar refractivity (Wildman–Crippen MR) is 105 cm³/mol. The summed E-state index contributed by atoms with van der Waals surface area (Å²) < 4.78 is 5.26. The standard InChI is InChI=1S/C23H18N2O/c1-23-20-10-6-5-8-18(20)17-7-3-4-9-19(17)21(23)24-22(25-23)15-11-13-16(26-2)14-12-15/h3-14H,1-2H3. The molecule has 0 bridgehead atoms. The van der Waals surface area contributed by atoms with Crippen LogP contribution < -0.4 is 4.74 Å². The lowest BCUT2D eigenvalue weighted by Gasteiger charge is -2.32. The van der Waals surface area contributed by atoms with Crippen LogP contribution in [0.4, 0.5) is 0 Å². The Morgan fingerprint density at radius 2 is 1.42 bits per heavy atom. The van der Waals surface area contributed by atoms with E-state index >= 15 is 0 Å². The number of ether oxygens (including phenoxy) is 1. The first-order chi connectivity index (χ1) is 12.7. The number of rotatable bonds is 2. The van der Waals surface area contributed by atoms with Gasteiger partial charge in [0.2, 0.25) is 0 Å². The molecule has 3 aromatic rings. The molecule has 0 fully saturated rings. The molecule has 2 aliphatic rings. The molecule has 5 rings (SSSR count). The van der Waals surface area contributed by atoms with Crippen molar-refractivity contribution in [3.8, 4) is 16.9 Å². The molecule has 1 atom stereocenters. The summed E-state index contributed by atoms with van der Waals surface area (Å²) in [5, 5.41) is 0. The SMILES string of the molecule is COc1ccc(C2=NC3(C)C(=N2)c2ccccc2-c2ccccc23)cc1. The molecule has 26 heavy (non-hydrogen) atoms. The van der Waals surface area contributed by atoms with E-state index in [1.54, 1.807) is 7.11 Å². The molecule has 3 heteroatoms. The molecule has 3 nitrogen and oxygen atoms in total. The fourth-order valence-corrected chi connectivity index (χ4v) is 3.95. The van der Waals surface area contributed by atoms with Crippen molar-refractivity contribution in [2.24, 2.45) is 9.98 Å². The molecular weight excluding hydrogens is 320 g/mol.